The van der Waals surface area contributed by atoms with E-state index in [1.54, 1.807) is 30.7 Å². The molecule has 0 aliphatic rings. The van der Waals surface area contributed by atoms with Crippen LogP contribution in [-0.2, 0) is 0 Å². The summed E-state index contributed by atoms with van der Waals surface area (Å²) in [5.41, 5.74) is 3.46. The Labute approximate surface area is 146 Å². The van der Waals surface area contributed by atoms with E-state index in [1.807, 2.05) is 22.6 Å². The first-order valence-electron chi connectivity index (χ1n) is 7.94. The fourth-order valence-electron chi connectivity index (χ4n) is 2.98. The smallest absolute Gasteiger partial charge is 0.163 e. The number of aromatic nitrogens is 6. The Morgan fingerprint density at radius 1 is 1.04 bits per heavy atom. The van der Waals surface area contributed by atoms with Crippen molar-refractivity contribution >= 4 is 28.1 Å². The van der Waals surface area contributed by atoms with E-state index in [2.05, 4.69) is 25.5 Å². The van der Waals surface area contributed by atoms with Gasteiger partial charge in [-0.25, -0.2) is 14.4 Å². The number of para-hydroxylation sites is 2. The lowest BCUT2D eigenvalue weighted by Gasteiger charge is -2.12. The predicted molar refractivity (Wildman–Crippen MR) is 95.6 cm³/mol. The third kappa shape index (κ3) is 2.20. The molecule has 0 saturated carbocycles. The van der Waals surface area contributed by atoms with Crippen LogP contribution < -0.4 is 5.32 Å². The Morgan fingerprint density at radius 2 is 1.96 bits per heavy atom. The minimum atomic E-state index is -0.351. The molecule has 0 fully saturated rings. The van der Waals surface area contributed by atoms with E-state index < -0.39 is 0 Å². The number of aromatic amines is 1. The van der Waals surface area contributed by atoms with Crippen LogP contribution in [0.5, 0.6) is 0 Å². The predicted octanol–water partition coefficient (Wildman–Crippen LogP) is 3.55. The number of hydrogen-bond donors (Lipinski definition) is 2. The van der Waals surface area contributed by atoms with Gasteiger partial charge in [0.1, 0.15) is 23.2 Å². The van der Waals surface area contributed by atoms with Crippen molar-refractivity contribution in [2.45, 2.75) is 0 Å². The van der Waals surface area contributed by atoms with Crippen LogP contribution >= 0.6 is 0 Å². The Bertz CT molecular complexity index is 1230. The summed E-state index contributed by atoms with van der Waals surface area (Å²) in [6.45, 7) is 0. The molecular weight excluding hydrogens is 333 g/mol. The van der Waals surface area contributed by atoms with Gasteiger partial charge in [-0.1, -0.05) is 18.2 Å². The highest BCUT2D eigenvalue weighted by Gasteiger charge is 2.15. The average molecular weight is 345 g/mol. The van der Waals surface area contributed by atoms with Crippen molar-refractivity contribution in [2.75, 3.05) is 5.32 Å². The van der Waals surface area contributed by atoms with Gasteiger partial charge in [-0.2, -0.15) is 0 Å². The van der Waals surface area contributed by atoms with E-state index in [0.29, 0.717) is 22.8 Å². The maximum absolute atomic E-state index is 14.1. The maximum Gasteiger partial charge on any atom is 0.163 e. The third-order valence-electron chi connectivity index (χ3n) is 4.18. The fourth-order valence-corrected chi connectivity index (χ4v) is 2.98. The van der Waals surface area contributed by atoms with Gasteiger partial charge in [-0.15, -0.1) is 10.2 Å². The van der Waals surface area contributed by atoms with Crippen molar-refractivity contribution in [2.24, 2.45) is 0 Å². The molecule has 0 spiro atoms. The fraction of sp³-hybridized carbons (Fsp3) is 0. The molecule has 0 aliphatic carbocycles. The number of nitrogens with zero attached hydrogens (tertiary/aromatic N) is 5. The summed E-state index contributed by atoms with van der Waals surface area (Å²) in [5.74, 6) is 0.766. The standard InChI is InChI=1S/C18H12FN7/c19-12-5-1-2-6-13(12)23-18-15-8-20-10-26(15)14-7-3-4-11(16(14)24-18)17-21-9-22-25-17/h1-10H,(H,23,24)(H,21,22,25). The normalized spacial score (nSPS) is 11.3. The van der Waals surface area contributed by atoms with E-state index in [1.165, 1.54) is 12.4 Å². The molecule has 126 valence electrons. The molecular formula is C18H12FN7. The van der Waals surface area contributed by atoms with Crippen LogP contribution in [0.4, 0.5) is 15.9 Å². The number of imidazole rings is 1. The SMILES string of the molecule is Fc1ccccc1Nc1nc2c(-c3nnc[nH]3)cccc2n2cncc12. The molecule has 0 atom stereocenters. The molecule has 26 heavy (non-hydrogen) atoms. The highest BCUT2D eigenvalue weighted by atomic mass is 19.1. The number of rotatable bonds is 3. The lowest BCUT2D eigenvalue weighted by atomic mass is 10.1. The van der Waals surface area contributed by atoms with Crippen LogP contribution in [0.3, 0.4) is 0 Å². The number of hydrogen-bond acceptors (Lipinski definition) is 5. The average Bonchev–Trinajstić information content (AvgIpc) is 3.35. The van der Waals surface area contributed by atoms with Gasteiger partial charge < -0.3 is 10.3 Å². The van der Waals surface area contributed by atoms with Gasteiger partial charge in [0.05, 0.1) is 23.7 Å². The van der Waals surface area contributed by atoms with Crippen molar-refractivity contribution in [1.82, 2.24) is 29.5 Å². The molecule has 0 saturated heterocycles. The van der Waals surface area contributed by atoms with E-state index in [0.717, 1.165) is 16.6 Å². The molecule has 2 N–H and O–H groups in total. The number of halogens is 1. The molecule has 0 amide bonds. The van der Waals surface area contributed by atoms with Gasteiger partial charge in [0.2, 0.25) is 0 Å². The lowest BCUT2D eigenvalue weighted by Crippen LogP contribution is -2.01. The van der Waals surface area contributed by atoms with Gasteiger partial charge in [0.15, 0.2) is 11.6 Å². The Kier molecular flexibility index (Phi) is 3.14. The molecule has 0 unspecified atom stereocenters. The number of nitrogens with one attached hydrogen (secondary N) is 2. The summed E-state index contributed by atoms with van der Waals surface area (Å²) >= 11 is 0. The summed E-state index contributed by atoms with van der Waals surface area (Å²) in [5, 5.41) is 11.0. The second kappa shape index (κ2) is 5.62. The minimum absolute atomic E-state index is 0.347. The van der Waals surface area contributed by atoms with Crippen molar-refractivity contribution in [3.05, 3.63) is 67.1 Å². The Morgan fingerprint density at radius 3 is 2.81 bits per heavy atom. The number of fused-ring (bicyclic) bond motifs is 3. The van der Waals surface area contributed by atoms with E-state index in [4.69, 9.17) is 4.98 Å². The topological polar surface area (TPSA) is 83.8 Å². The van der Waals surface area contributed by atoms with E-state index in [-0.39, 0.29) is 5.82 Å². The van der Waals surface area contributed by atoms with Crippen LogP contribution in [0.2, 0.25) is 0 Å². The first-order chi connectivity index (χ1) is 12.8. The van der Waals surface area contributed by atoms with Gasteiger partial charge in [-0.3, -0.25) is 4.40 Å². The third-order valence-corrected chi connectivity index (χ3v) is 4.18. The summed E-state index contributed by atoms with van der Waals surface area (Å²) in [6, 6.07) is 12.2. The van der Waals surface area contributed by atoms with Crippen LogP contribution in [0.15, 0.2) is 61.3 Å². The highest BCUT2D eigenvalue weighted by molar-refractivity contribution is 5.94. The molecule has 5 aromatic rings. The lowest BCUT2D eigenvalue weighted by molar-refractivity contribution is 0.632. The van der Waals surface area contributed by atoms with Crippen LogP contribution in [0.1, 0.15) is 0 Å². The molecule has 3 aromatic heterocycles. The first kappa shape index (κ1) is 14.5. The van der Waals surface area contributed by atoms with Gasteiger partial charge in [-0.05, 0) is 24.3 Å². The van der Waals surface area contributed by atoms with Crippen LogP contribution in [-0.4, -0.2) is 29.5 Å². The van der Waals surface area contributed by atoms with Crippen molar-refractivity contribution in [1.29, 1.82) is 0 Å². The summed E-state index contributed by atoms with van der Waals surface area (Å²) in [7, 11) is 0. The second-order valence-corrected chi connectivity index (χ2v) is 5.72. The van der Waals surface area contributed by atoms with Gasteiger partial charge >= 0.3 is 0 Å². The maximum atomic E-state index is 14.1. The molecule has 7 nitrogen and oxygen atoms in total. The summed E-state index contributed by atoms with van der Waals surface area (Å²) in [6.07, 6.45) is 4.91. The molecule has 5 rings (SSSR count). The molecule has 8 heteroatoms. The summed E-state index contributed by atoms with van der Waals surface area (Å²) < 4.78 is 16.0. The van der Waals surface area contributed by atoms with Gasteiger partial charge in [0.25, 0.3) is 0 Å². The van der Waals surface area contributed by atoms with E-state index >= 15 is 0 Å². The van der Waals surface area contributed by atoms with Crippen molar-refractivity contribution in [3.8, 4) is 11.4 Å². The number of anilines is 2. The minimum Gasteiger partial charge on any atom is -0.336 e. The largest absolute Gasteiger partial charge is 0.336 e. The first-order valence-corrected chi connectivity index (χ1v) is 7.94. The zero-order valence-corrected chi connectivity index (χ0v) is 13.4. The number of benzene rings is 2. The quantitative estimate of drug-likeness (QED) is 0.522. The zero-order chi connectivity index (χ0) is 17.5. The molecule has 2 aromatic carbocycles. The monoisotopic (exact) mass is 345 g/mol. The Hall–Kier alpha value is -3.81. The van der Waals surface area contributed by atoms with Crippen molar-refractivity contribution < 1.29 is 4.39 Å². The summed E-state index contributed by atoms with van der Waals surface area (Å²) in [4.78, 5) is 12.0. The molecule has 0 radical (unpaired) electrons. The zero-order valence-electron chi connectivity index (χ0n) is 13.4. The number of H-pyrrole nitrogens is 1. The molecule has 0 bridgehead atoms. The molecule has 3 heterocycles. The second-order valence-electron chi connectivity index (χ2n) is 5.72. The van der Waals surface area contributed by atoms with Crippen molar-refractivity contribution in [3.63, 3.8) is 0 Å². The molecule has 0 aliphatic heterocycles. The van der Waals surface area contributed by atoms with Crippen LogP contribution in [0, 0.1) is 5.82 Å². The van der Waals surface area contributed by atoms with E-state index in [9.17, 15) is 4.39 Å². The van der Waals surface area contributed by atoms with Gasteiger partial charge in [0, 0.05) is 5.56 Å². The highest BCUT2D eigenvalue weighted by Crippen LogP contribution is 2.30. The van der Waals surface area contributed by atoms with Crippen LogP contribution in [0.25, 0.3) is 27.9 Å². The Balaban J connectivity index is 1.79.